The van der Waals surface area contributed by atoms with Crippen molar-refractivity contribution in [2.24, 2.45) is 5.16 Å². The zero-order valence-electron chi connectivity index (χ0n) is 8.17. The fourth-order valence-electron chi connectivity index (χ4n) is 0.771. The number of anilines is 1. The molecule has 83 valence electrons. The van der Waals surface area contributed by atoms with Crippen LogP contribution in [-0.2, 0) is 14.4 Å². The Morgan fingerprint density at radius 1 is 1.81 bits per heavy atom. The first-order chi connectivity index (χ1) is 7.81. The van der Waals surface area contributed by atoms with Crippen LogP contribution in [0.1, 0.15) is 5.69 Å². The van der Waals surface area contributed by atoms with Crippen molar-refractivity contribution in [3.8, 4) is 0 Å². The maximum atomic E-state index is 10.6. The average molecular weight is 238 g/mol. The molecule has 0 spiro atoms. The predicted molar refractivity (Wildman–Crippen MR) is 60.2 cm³/mol. The number of amides is 1. The highest BCUT2D eigenvalue weighted by Gasteiger charge is 2.09. The Kier molecular flexibility index (Phi) is 4.87. The van der Waals surface area contributed by atoms with Crippen LogP contribution in [0, 0.1) is 0 Å². The summed E-state index contributed by atoms with van der Waals surface area (Å²) in [5, 5.41) is 7.82. The van der Waals surface area contributed by atoms with E-state index in [2.05, 4.69) is 22.0 Å². The third kappa shape index (κ3) is 3.28. The van der Waals surface area contributed by atoms with Gasteiger partial charge in [0.2, 0.25) is 6.41 Å². The smallest absolute Gasteiger partial charge is 0.259 e. The van der Waals surface area contributed by atoms with Gasteiger partial charge in [-0.15, -0.1) is 11.3 Å². The summed E-state index contributed by atoms with van der Waals surface area (Å²) in [4.78, 5) is 29.4. The molecule has 1 amide bonds. The predicted octanol–water partition coefficient (Wildman–Crippen LogP) is 0.728. The summed E-state index contributed by atoms with van der Waals surface area (Å²) in [6.45, 7) is 3.62. The van der Waals surface area contributed by atoms with Crippen LogP contribution in [0.3, 0.4) is 0 Å². The molecule has 0 aromatic carbocycles. The quantitative estimate of drug-likeness (QED) is 0.249. The summed E-state index contributed by atoms with van der Waals surface area (Å²) in [6.07, 6.45) is 3.59. The summed E-state index contributed by atoms with van der Waals surface area (Å²) in [6, 6.07) is 0. The van der Waals surface area contributed by atoms with Crippen molar-refractivity contribution < 1.29 is 14.4 Å². The van der Waals surface area contributed by atoms with Crippen molar-refractivity contribution in [1.82, 2.24) is 4.98 Å². The SMILES string of the molecule is C=CCO/N=C(\[C]=O)c1csc(NC=O)n1. The summed E-state index contributed by atoms with van der Waals surface area (Å²) in [5.41, 5.74) is 0.241. The summed E-state index contributed by atoms with van der Waals surface area (Å²) >= 11 is 1.17. The van der Waals surface area contributed by atoms with Crippen LogP contribution >= 0.6 is 11.3 Å². The second kappa shape index (κ2) is 6.46. The van der Waals surface area contributed by atoms with Gasteiger partial charge in [0.25, 0.3) is 6.29 Å². The molecule has 16 heavy (non-hydrogen) atoms. The molecule has 1 rings (SSSR count). The fourth-order valence-corrected chi connectivity index (χ4v) is 1.43. The van der Waals surface area contributed by atoms with E-state index in [-0.39, 0.29) is 12.3 Å². The lowest BCUT2D eigenvalue weighted by molar-refractivity contribution is -0.105. The van der Waals surface area contributed by atoms with Crippen molar-refractivity contribution in [1.29, 1.82) is 0 Å². The maximum absolute atomic E-state index is 10.6. The largest absolute Gasteiger partial charge is 0.391 e. The Bertz CT molecular complexity index is 414. The van der Waals surface area contributed by atoms with Gasteiger partial charge in [-0.25, -0.2) is 4.98 Å². The lowest BCUT2D eigenvalue weighted by Crippen LogP contribution is -2.04. The number of rotatable bonds is 7. The van der Waals surface area contributed by atoms with E-state index in [1.54, 1.807) is 11.7 Å². The van der Waals surface area contributed by atoms with Gasteiger partial charge < -0.3 is 10.2 Å². The molecule has 0 bridgehead atoms. The molecule has 1 heterocycles. The molecule has 1 N–H and O–H groups in total. The molecule has 0 aliphatic carbocycles. The van der Waals surface area contributed by atoms with Crippen molar-refractivity contribution in [3.63, 3.8) is 0 Å². The fraction of sp³-hybridized carbons (Fsp3) is 0.111. The molecule has 0 unspecified atom stereocenters. The second-order valence-corrected chi connectivity index (χ2v) is 3.28. The van der Waals surface area contributed by atoms with Gasteiger partial charge in [0, 0.05) is 5.38 Å². The Morgan fingerprint density at radius 2 is 2.62 bits per heavy atom. The Hall–Kier alpha value is -2.02. The van der Waals surface area contributed by atoms with Crippen LogP contribution in [0.15, 0.2) is 23.2 Å². The van der Waals surface area contributed by atoms with Crippen LogP contribution in [-0.4, -0.2) is 30.0 Å². The van der Waals surface area contributed by atoms with E-state index < -0.39 is 0 Å². The first-order valence-corrected chi connectivity index (χ1v) is 5.05. The molecule has 7 heteroatoms. The summed E-state index contributed by atoms with van der Waals surface area (Å²) < 4.78 is 0. The first kappa shape index (κ1) is 12.1. The minimum absolute atomic E-state index is 0.0583. The van der Waals surface area contributed by atoms with E-state index in [0.29, 0.717) is 17.2 Å². The van der Waals surface area contributed by atoms with E-state index in [1.807, 2.05) is 0 Å². The number of nitrogens with zero attached hydrogens (tertiary/aromatic N) is 2. The lowest BCUT2D eigenvalue weighted by Gasteiger charge is -1.94. The Morgan fingerprint density at radius 3 is 3.25 bits per heavy atom. The van der Waals surface area contributed by atoms with Gasteiger partial charge in [0.1, 0.15) is 12.3 Å². The van der Waals surface area contributed by atoms with E-state index in [1.165, 1.54) is 17.4 Å². The van der Waals surface area contributed by atoms with Gasteiger partial charge in [0.05, 0.1) is 0 Å². The maximum Gasteiger partial charge on any atom is 0.259 e. The molecule has 6 nitrogen and oxygen atoms in total. The highest BCUT2D eigenvalue weighted by molar-refractivity contribution is 7.14. The highest BCUT2D eigenvalue weighted by atomic mass is 32.1. The Balaban J connectivity index is 2.77. The number of hydrogen-bond acceptors (Lipinski definition) is 6. The van der Waals surface area contributed by atoms with Gasteiger partial charge in [-0.3, -0.25) is 9.59 Å². The number of hydrogen-bond donors (Lipinski definition) is 1. The van der Waals surface area contributed by atoms with Crippen molar-refractivity contribution in [2.75, 3.05) is 11.9 Å². The van der Waals surface area contributed by atoms with Crippen LogP contribution in [0.4, 0.5) is 5.13 Å². The zero-order valence-corrected chi connectivity index (χ0v) is 8.99. The van der Waals surface area contributed by atoms with Crippen molar-refractivity contribution in [3.05, 3.63) is 23.7 Å². The van der Waals surface area contributed by atoms with E-state index in [9.17, 15) is 9.59 Å². The lowest BCUT2D eigenvalue weighted by atomic mass is 10.3. The zero-order chi connectivity index (χ0) is 11.8. The summed E-state index contributed by atoms with van der Waals surface area (Å²) in [7, 11) is 0. The third-order valence-corrected chi connectivity index (χ3v) is 2.15. The molecule has 1 radical (unpaired) electrons. The number of carbonyl (C=O) groups is 1. The third-order valence-electron chi connectivity index (χ3n) is 1.37. The van der Waals surface area contributed by atoms with Gasteiger partial charge >= 0.3 is 0 Å². The Labute approximate surface area is 95.6 Å². The highest BCUT2D eigenvalue weighted by Crippen LogP contribution is 2.14. The van der Waals surface area contributed by atoms with E-state index in [4.69, 9.17) is 4.84 Å². The first-order valence-electron chi connectivity index (χ1n) is 4.17. The molecular weight excluding hydrogens is 230 g/mol. The normalized spacial score (nSPS) is 10.6. The summed E-state index contributed by atoms with van der Waals surface area (Å²) in [5.74, 6) is 0. The number of thiazole rings is 1. The van der Waals surface area contributed by atoms with Crippen molar-refractivity contribution >= 4 is 34.9 Å². The van der Waals surface area contributed by atoms with Crippen LogP contribution < -0.4 is 5.32 Å². The van der Waals surface area contributed by atoms with E-state index in [0.717, 1.165) is 0 Å². The second-order valence-electron chi connectivity index (χ2n) is 2.43. The van der Waals surface area contributed by atoms with Gasteiger partial charge in [-0.1, -0.05) is 17.8 Å². The molecule has 1 aromatic rings. The monoisotopic (exact) mass is 238 g/mol. The molecular formula is C9H8N3O3S. The van der Waals surface area contributed by atoms with E-state index >= 15 is 0 Å². The van der Waals surface area contributed by atoms with Crippen molar-refractivity contribution in [2.45, 2.75) is 0 Å². The minimum Gasteiger partial charge on any atom is -0.391 e. The minimum atomic E-state index is -0.0583. The number of nitrogens with one attached hydrogen (secondary N) is 1. The molecule has 0 aliphatic heterocycles. The van der Waals surface area contributed by atoms with Gasteiger partial charge in [-0.2, -0.15) is 0 Å². The van der Waals surface area contributed by atoms with Crippen LogP contribution in [0.25, 0.3) is 0 Å². The topological polar surface area (TPSA) is 80.6 Å². The van der Waals surface area contributed by atoms with Gasteiger partial charge in [-0.05, 0) is 0 Å². The molecule has 0 saturated carbocycles. The molecule has 0 atom stereocenters. The molecule has 0 saturated heterocycles. The standard InChI is InChI=1S/C9H8N3O3S/c1-2-3-15-12-7(4-13)8-5-16-9(11-8)10-6-14/h2,5-6H,1,3H2,(H,10,11,14)/b12-7+. The van der Waals surface area contributed by atoms with Crippen LogP contribution in [0.2, 0.25) is 0 Å². The molecule has 0 fully saturated rings. The molecule has 0 aliphatic rings. The number of aromatic nitrogens is 1. The number of carbonyl (C=O) groups excluding carboxylic acids is 2. The molecule has 1 aromatic heterocycles. The number of oxime groups is 1. The average Bonchev–Trinajstić information content (AvgIpc) is 2.74. The van der Waals surface area contributed by atoms with Crippen LogP contribution in [0.5, 0.6) is 0 Å². The van der Waals surface area contributed by atoms with Gasteiger partial charge in [0.15, 0.2) is 10.8 Å².